The van der Waals surface area contributed by atoms with E-state index in [0.717, 1.165) is 95.8 Å². The van der Waals surface area contributed by atoms with Gasteiger partial charge in [-0.05, 0) is 31.6 Å². The Morgan fingerprint density at radius 1 is 0.255 bits per heavy atom. The van der Waals surface area contributed by atoms with Crippen LogP contribution in [0.15, 0.2) is 0 Å². The predicted molar refractivity (Wildman–Crippen MR) is 437 cm³/mol. The lowest BCUT2D eigenvalue weighted by Crippen LogP contribution is -2.30. The molecule has 630 valence electrons. The van der Waals surface area contributed by atoms with Gasteiger partial charge in [-0.15, -0.1) is 0 Å². The van der Waals surface area contributed by atoms with Gasteiger partial charge < -0.3 is 33.8 Å². The van der Waals surface area contributed by atoms with E-state index in [1.165, 1.54) is 295 Å². The molecule has 0 amide bonds. The summed E-state index contributed by atoms with van der Waals surface area (Å²) >= 11 is 0. The summed E-state index contributed by atoms with van der Waals surface area (Å²) in [5, 5.41) is 10.7. The van der Waals surface area contributed by atoms with Gasteiger partial charge in [-0.25, -0.2) is 9.13 Å². The van der Waals surface area contributed by atoms with E-state index < -0.39 is 97.5 Å². The number of esters is 4. The second-order valence-electron chi connectivity index (χ2n) is 31.8. The van der Waals surface area contributed by atoms with Gasteiger partial charge in [-0.3, -0.25) is 37.3 Å². The average molecular weight is 1550 g/mol. The maximum Gasteiger partial charge on any atom is 0.472 e. The fourth-order valence-corrected chi connectivity index (χ4v) is 15.2. The molecule has 0 fully saturated rings. The molecule has 19 heteroatoms. The first kappa shape index (κ1) is 104. The van der Waals surface area contributed by atoms with Crippen molar-refractivity contribution in [3.05, 3.63) is 0 Å². The van der Waals surface area contributed by atoms with Crippen LogP contribution in [0.1, 0.15) is 471 Å². The van der Waals surface area contributed by atoms with Gasteiger partial charge in [-0.2, -0.15) is 0 Å². The number of hydrogen-bond donors (Lipinski definition) is 3. The van der Waals surface area contributed by atoms with Gasteiger partial charge in [0.2, 0.25) is 0 Å². The Balaban J connectivity index is 5.20. The number of carbonyl (C=O) groups is 4. The fraction of sp³-hybridized carbons (Fsp3) is 0.954. The van der Waals surface area contributed by atoms with Crippen LogP contribution in [0.3, 0.4) is 0 Å². The molecule has 0 bridgehead atoms. The molecule has 2 unspecified atom stereocenters. The zero-order valence-corrected chi connectivity index (χ0v) is 71.4. The van der Waals surface area contributed by atoms with E-state index in [1.807, 2.05) is 0 Å². The van der Waals surface area contributed by atoms with Crippen LogP contribution in [-0.2, 0) is 65.4 Å². The zero-order valence-electron chi connectivity index (χ0n) is 69.6. The minimum atomic E-state index is -4.97. The van der Waals surface area contributed by atoms with Gasteiger partial charge in [0.05, 0.1) is 26.4 Å². The molecule has 0 spiro atoms. The predicted octanol–water partition coefficient (Wildman–Crippen LogP) is 26.8. The van der Waals surface area contributed by atoms with Gasteiger partial charge in [0.25, 0.3) is 0 Å². The summed E-state index contributed by atoms with van der Waals surface area (Å²) in [6.45, 7) is 7.39. The van der Waals surface area contributed by atoms with Crippen LogP contribution in [0.2, 0.25) is 0 Å². The topological polar surface area (TPSA) is 237 Å². The molecule has 0 heterocycles. The molecule has 0 aliphatic carbocycles. The molecule has 3 N–H and O–H groups in total. The van der Waals surface area contributed by atoms with Gasteiger partial charge in [-0.1, -0.05) is 420 Å². The Bertz CT molecular complexity index is 2010. The lowest BCUT2D eigenvalue weighted by Gasteiger charge is -2.21. The molecule has 0 aromatic rings. The Morgan fingerprint density at radius 3 is 0.642 bits per heavy atom. The number of aliphatic hydroxyl groups is 1. The van der Waals surface area contributed by atoms with Crippen LogP contribution >= 0.6 is 15.6 Å². The first-order valence-corrected chi connectivity index (χ1v) is 48.1. The zero-order chi connectivity index (χ0) is 77.6. The summed E-state index contributed by atoms with van der Waals surface area (Å²) in [5.74, 6) is -1.29. The van der Waals surface area contributed by atoms with Crippen molar-refractivity contribution in [2.75, 3.05) is 39.6 Å². The Kier molecular flexibility index (Phi) is 78.2. The highest BCUT2D eigenvalue weighted by molar-refractivity contribution is 7.47. The van der Waals surface area contributed by atoms with Crippen molar-refractivity contribution >= 4 is 39.5 Å². The summed E-state index contributed by atoms with van der Waals surface area (Å²) in [6.07, 6.45) is 73.7. The molecule has 0 rings (SSSR count). The summed E-state index contributed by atoms with van der Waals surface area (Å²) in [6, 6.07) is 0. The van der Waals surface area contributed by atoms with Gasteiger partial charge in [0.15, 0.2) is 12.2 Å². The third-order valence-electron chi connectivity index (χ3n) is 20.5. The van der Waals surface area contributed by atoms with Crippen molar-refractivity contribution < 1.29 is 80.2 Å². The molecule has 0 aliphatic rings. The molecule has 0 radical (unpaired) electrons. The Hall–Kier alpha value is -1.94. The molecule has 5 atom stereocenters. The normalized spacial score (nSPS) is 13.7. The van der Waals surface area contributed by atoms with Crippen LogP contribution in [0.4, 0.5) is 0 Å². The lowest BCUT2D eigenvalue weighted by molar-refractivity contribution is -0.161. The molecule has 106 heavy (non-hydrogen) atoms. The molecule has 0 aliphatic heterocycles. The summed E-state index contributed by atoms with van der Waals surface area (Å²) in [7, 11) is -9.93. The molecule has 0 aromatic carbocycles. The molecule has 0 saturated heterocycles. The Labute approximate surface area is 651 Å². The maximum atomic E-state index is 13.1. The number of ether oxygens (including phenoxy) is 4. The number of phosphoric ester groups is 2. The van der Waals surface area contributed by atoms with Crippen molar-refractivity contribution in [3.63, 3.8) is 0 Å². The fourth-order valence-electron chi connectivity index (χ4n) is 13.6. The van der Waals surface area contributed by atoms with Gasteiger partial charge in [0.1, 0.15) is 19.3 Å². The number of unbranched alkanes of at least 4 members (excludes halogenated alkanes) is 59. The van der Waals surface area contributed by atoms with Crippen molar-refractivity contribution in [2.45, 2.75) is 490 Å². The molecular formula is C87H170O17P2. The molecule has 17 nitrogen and oxygen atoms in total. The third kappa shape index (κ3) is 80.1. The van der Waals surface area contributed by atoms with E-state index in [4.69, 9.17) is 37.0 Å². The number of carbonyl (C=O) groups excluding carboxylic acids is 4. The number of phosphoric acid groups is 2. The quantitative estimate of drug-likeness (QED) is 0.0222. The minimum Gasteiger partial charge on any atom is -0.462 e. The number of rotatable bonds is 87. The van der Waals surface area contributed by atoms with Crippen molar-refractivity contribution in [2.24, 2.45) is 5.92 Å². The van der Waals surface area contributed by atoms with Gasteiger partial charge >= 0.3 is 39.5 Å². The van der Waals surface area contributed by atoms with E-state index >= 15 is 0 Å². The van der Waals surface area contributed by atoms with E-state index in [9.17, 15) is 43.2 Å². The average Bonchev–Trinajstić information content (AvgIpc) is 0.904. The van der Waals surface area contributed by atoms with E-state index in [2.05, 4.69) is 34.6 Å². The monoisotopic (exact) mass is 1550 g/mol. The SMILES string of the molecule is CCCCCCCCCCCCCCCCCCCCCC(=O)OC[C@H](COP(=O)(O)OC[C@@H](O)COP(=O)(O)OC[C@@H](COC(=O)CCCCCCCCCCC)OC(=O)CCCCCCCCCCCCCCCCCCCCC)OC(=O)CCCCCCCCCCCCCCCCCCC(C)C. The van der Waals surface area contributed by atoms with E-state index in [1.54, 1.807) is 0 Å². The molecule has 0 aromatic heterocycles. The van der Waals surface area contributed by atoms with Crippen LogP contribution in [0.25, 0.3) is 0 Å². The summed E-state index contributed by atoms with van der Waals surface area (Å²) < 4.78 is 68.9. The highest BCUT2D eigenvalue weighted by Gasteiger charge is 2.30. The van der Waals surface area contributed by atoms with Crippen LogP contribution in [-0.4, -0.2) is 96.7 Å². The first-order chi connectivity index (χ1) is 51.5. The summed E-state index contributed by atoms with van der Waals surface area (Å²) in [5.41, 5.74) is 0. The standard InChI is InChI=1S/C87H170O17P2/c1-6-9-12-15-18-21-23-25-27-29-31-33-38-42-46-51-56-61-66-71-85(90)98-77-83(104-87(92)73-68-63-58-53-48-44-40-36-35-37-41-45-50-54-59-64-69-80(4)5)79-102-106(95,96)100-75-81(88)74-99-105(93,94)101-78-82(76-97-84(89)70-65-60-55-49-20-17-14-11-8-3)103-86(91)72-67-62-57-52-47-43-39-34-32-30-28-26-24-22-19-16-13-10-7-2/h80-83,88H,6-79H2,1-5H3,(H,93,94)(H,95,96)/t81-,82+,83+/m0/s1. The minimum absolute atomic E-state index is 0.109. The third-order valence-corrected chi connectivity index (χ3v) is 22.4. The number of hydrogen-bond acceptors (Lipinski definition) is 15. The van der Waals surface area contributed by atoms with E-state index in [0.29, 0.717) is 25.7 Å². The van der Waals surface area contributed by atoms with Crippen molar-refractivity contribution in [1.29, 1.82) is 0 Å². The maximum absolute atomic E-state index is 13.1. The second-order valence-corrected chi connectivity index (χ2v) is 34.7. The van der Waals surface area contributed by atoms with Crippen LogP contribution in [0.5, 0.6) is 0 Å². The largest absolute Gasteiger partial charge is 0.472 e. The highest BCUT2D eigenvalue weighted by atomic mass is 31.2. The molecule has 0 saturated carbocycles. The van der Waals surface area contributed by atoms with Crippen LogP contribution < -0.4 is 0 Å². The smallest absolute Gasteiger partial charge is 0.462 e. The van der Waals surface area contributed by atoms with Crippen molar-refractivity contribution in [1.82, 2.24) is 0 Å². The second kappa shape index (κ2) is 79.7. The molecular weight excluding hydrogens is 1380 g/mol. The highest BCUT2D eigenvalue weighted by Crippen LogP contribution is 2.45. The Morgan fingerprint density at radius 2 is 0.434 bits per heavy atom. The van der Waals surface area contributed by atoms with Gasteiger partial charge in [0, 0.05) is 25.7 Å². The van der Waals surface area contributed by atoms with Crippen molar-refractivity contribution in [3.8, 4) is 0 Å². The number of aliphatic hydroxyl groups excluding tert-OH is 1. The van der Waals surface area contributed by atoms with E-state index in [-0.39, 0.29) is 25.7 Å². The first-order valence-electron chi connectivity index (χ1n) is 45.1. The lowest BCUT2D eigenvalue weighted by atomic mass is 10.0. The van der Waals surface area contributed by atoms with Crippen LogP contribution in [0, 0.1) is 5.92 Å². The summed E-state index contributed by atoms with van der Waals surface area (Å²) in [4.78, 5) is 73.2.